The number of hydrogen-bond acceptors (Lipinski definition) is 2. The van der Waals surface area contributed by atoms with E-state index in [1.807, 2.05) is 0 Å². The van der Waals surface area contributed by atoms with E-state index in [9.17, 15) is 9.18 Å². The van der Waals surface area contributed by atoms with Gasteiger partial charge in [-0.05, 0) is 59.9 Å². The van der Waals surface area contributed by atoms with Crippen LogP contribution in [0.25, 0.3) is 0 Å². The Kier molecular flexibility index (Phi) is 3.58. The van der Waals surface area contributed by atoms with Gasteiger partial charge in [-0.1, -0.05) is 6.07 Å². The minimum Gasteiger partial charge on any atom is -0.348 e. The summed E-state index contributed by atoms with van der Waals surface area (Å²) in [5.74, 6) is -0.0204. The molecule has 3 aliphatic heterocycles. The Bertz CT molecular complexity index is 500. The Morgan fingerprint density at radius 3 is 2.74 bits per heavy atom. The lowest BCUT2D eigenvalue weighted by molar-refractivity contribution is 0.0620. The van der Waals surface area contributed by atoms with Gasteiger partial charge < -0.3 is 10.2 Å². The number of hydrogen-bond donors (Lipinski definition) is 1. The van der Waals surface area contributed by atoms with Crippen LogP contribution in [0.4, 0.5) is 4.39 Å². The summed E-state index contributed by atoms with van der Waals surface area (Å²) < 4.78 is 13.7. The second-order valence-corrected chi connectivity index (χ2v) is 6.11. The standard InChI is InChI=1S/C14H16BrFN2O/c15-13-10(2-1-3-11(13)16)14(19)17-12-8-18-6-4-9(12)5-7-18/h1-3,9,12H,4-8H2,(H,17,19). The molecule has 0 aliphatic carbocycles. The van der Waals surface area contributed by atoms with Gasteiger partial charge in [0.2, 0.25) is 0 Å². The molecular weight excluding hydrogens is 311 g/mol. The van der Waals surface area contributed by atoms with E-state index in [0.29, 0.717) is 11.5 Å². The fraction of sp³-hybridized carbons (Fsp3) is 0.500. The Morgan fingerprint density at radius 2 is 2.11 bits per heavy atom. The highest BCUT2D eigenvalue weighted by molar-refractivity contribution is 9.10. The Balaban J connectivity index is 1.73. The highest BCUT2D eigenvalue weighted by Gasteiger charge is 2.35. The Labute approximate surface area is 120 Å². The van der Waals surface area contributed by atoms with Crippen LogP contribution in [0.1, 0.15) is 23.2 Å². The number of rotatable bonds is 2. The van der Waals surface area contributed by atoms with Gasteiger partial charge in [0.1, 0.15) is 5.82 Å². The van der Waals surface area contributed by atoms with Gasteiger partial charge in [-0.3, -0.25) is 4.79 Å². The van der Waals surface area contributed by atoms with Crippen LogP contribution in [0.3, 0.4) is 0 Å². The maximum atomic E-state index is 13.4. The van der Waals surface area contributed by atoms with Gasteiger partial charge in [0.25, 0.3) is 5.91 Å². The van der Waals surface area contributed by atoms with Gasteiger partial charge in [-0.15, -0.1) is 0 Å². The monoisotopic (exact) mass is 326 g/mol. The summed E-state index contributed by atoms with van der Waals surface area (Å²) in [6, 6.07) is 4.75. The molecule has 3 nitrogen and oxygen atoms in total. The fourth-order valence-corrected chi connectivity index (χ4v) is 3.50. The van der Waals surface area contributed by atoms with E-state index in [1.54, 1.807) is 12.1 Å². The van der Waals surface area contributed by atoms with Gasteiger partial charge in [-0.25, -0.2) is 4.39 Å². The number of carbonyl (C=O) groups excluding carboxylic acids is 1. The SMILES string of the molecule is O=C(NC1CN2CCC1CC2)c1cccc(F)c1Br. The van der Waals surface area contributed by atoms with E-state index in [0.717, 1.165) is 32.5 Å². The van der Waals surface area contributed by atoms with Crippen molar-refractivity contribution in [3.8, 4) is 0 Å². The number of benzene rings is 1. The van der Waals surface area contributed by atoms with Crippen molar-refractivity contribution in [2.24, 2.45) is 5.92 Å². The highest BCUT2D eigenvalue weighted by atomic mass is 79.9. The number of nitrogens with zero attached hydrogens (tertiary/aromatic N) is 1. The van der Waals surface area contributed by atoms with Crippen molar-refractivity contribution in [1.82, 2.24) is 10.2 Å². The minimum absolute atomic E-state index is 0.190. The summed E-state index contributed by atoms with van der Waals surface area (Å²) >= 11 is 3.14. The molecule has 1 aromatic rings. The van der Waals surface area contributed by atoms with Crippen molar-refractivity contribution in [3.05, 3.63) is 34.1 Å². The lowest BCUT2D eigenvalue weighted by atomic mass is 9.84. The predicted octanol–water partition coefficient (Wildman–Crippen LogP) is 2.41. The zero-order valence-electron chi connectivity index (χ0n) is 10.5. The lowest BCUT2D eigenvalue weighted by Gasteiger charge is -2.44. The molecule has 1 N–H and O–H groups in total. The molecule has 3 heterocycles. The molecule has 1 aromatic carbocycles. The molecule has 4 rings (SSSR count). The molecule has 19 heavy (non-hydrogen) atoms. The van der Waals surface area contributed by atoms with Gasteiger partial charge in [0, 0.05) is 12.6 Å². The van der Waals surface area contributed by atoms with Crippen molar-refractivity contribution in [2.75, 3.05) is 19.6 Å². The maximum absolute atomic E-state index is 13.4. The molecule has 1 atom stereocenters. The molecule has 102 valence electrons. The van der Waals surface area contributed by atoms with Crippen LogP contribution in [0.2, 0.25) is 0 Å². The Hall–Kier alpha value is -0.940. The van der Waals surface area contributed by atoms with E-state index >= 15 is 0 Å². The third-order valence-electron chi connectivity index (χ3n) is 4.17. The van der Waals surface area contributed by atoms with E-state index in [2.05, 4.69) is 26.1 Å². The van der Waals surface area contributed by atoms with Crippen LogP contribution in [0.15, 0.2) is 22.7 Å². The number of carbonyl (C=O) groups is 1. The van der Waals surface area contributed by atoms with E-state index < -0.39 is 5.82 Å². The molecule has 3 saturated heterocycles. The lowest BCUT2D eigenvalue weighted by Crippen LogP contribution is -2.57. The predicted molar refractivity (Wildman–Crippen MR) is 74.5 cm³/mol. The molecule has 0 saturated carbocycles. The first-order chi connectivity index (χ1) is 9.15. The normalized spacial score (nSPS) is 29.3. The summed E-state index contributed by atoms with van der Waals surface area (Å²) in [5, 5.41) is 3.06. The molecule has 3 aliphatic rings. The molecule has 2 bridgehead atoms. The second kappa shape index (κ2) is 5.21. The smallest absolute Gasteiger partial charge is 0.252 e. The molecule has 1 amide bonds. The molecule has 0 spiro atoms. The summed E-state index contributed by atoms with van der Waals surface area (Å²) in [4.78, 5) is 14.6. The van der Waals surface area contributed by atoms with Crippen molar-refractivity contribution in [1.29, 1.82) is 0 Å². The van der Waals surface area contributed by atoms with Crippen LogP contribution in [0.5, 0.6) is 0 Å². The first kappa shape index (κ1) is 13.1. The first-order valence-corrected chi connectivity index (χ1v) is 7.41. The molecule has 1 unspecified atom stereocenters. The average molecular weight is 327 g/mol. The van der Waals surface area contributed by atoms with Gasteiger partial charge in [0.15, 0.2) is 0 Å². The second-order valence-electron chi connectivity index (χ2n) is 5.32. The third kappa shape index (κ3) is 2.54. The molecule has 5 heteroatoms. The fourth-order valence-electron chi connectivity index (χ4n) is 3.05. The molecule has 0 radical (unpaired) electrons. The highest BCUT2D eigenvalue weighted by Crippen LogP contribution is 2.28. The Morgan fingerprint density at radius 1 is 1.37 bits per heavy atom. The maximum Gasteiger partial charge on any atom is 0.252 e. The summed E-state index contributed by atoms with van der Waals surface area (Å²) in [7, 11) is 0. The number of fused-ring (bicyclic) bond motifs is 3. The van der Waals surface area contributed by atoms with Crippen molar-refractivity contribution in [2.45, 2.75) is 18.9 Å². The molecule has 0 aromatic heterocycles. The van der Waals surface area contributed by atoms with Gasteiger partial charge in [-0.2, -0.15) is 0 Å². The van der Waals surface area contributed by atoms with Crippen LogP contribution in [-0.4, -0.2) is 36.5 Å². The topological polar surface area (TPSA) is 32.3 Å². The third-order valence-corrected chi connectivity index (χ3v) is 4.97. The van der Waals surface area contributed by atoms with Crippen molar-refractivity contribution >= 4 is 21.8 Å². The van der Waals surface area contributed by atoms with Crippen molar-refractivity contribution < 1.29 is 9.18 Å². The first-order valence-electron chi connectivity index (χ1n) is 6.62. The number of piperidine rings is 3. The molecular formula is C14H16BrFN2O. The largest absolute Gasteiger partial charge is 0.348 e. The average Bonchev–Trinajstić information content (AvgIpc) is 2.43. The summed E-state index contributed by atoms with van der Waals surface area (Å²) in [6.07, 6.45) is 2.30. The zero-order chi connectivity index (χ0) is 13.4. The molecule has 3 fully saturated rings. The van der Waals surface area contributed by atoms with Crippen LogP contribution in [-0.2, 0) is 0 Å². The van der Waals surface area contributed by atoms with E-state index in [-0.39, 0.29) is 16.4 Å². The van der Waals surface area contributed by atoms with Crippen LogP contribution in [0, 0.1) is 11.7 Å². The summed E-state index contributed by atoms with van der Waals surface area (Å²) in [6.45, 7) is 3.20. The van der Waals surface area contributed by atoms with E-state index in [4.69, 9.17) is 0 Å². The zero-order valence-corrected chi connectivity index (χ0v) is 12.1. The van der Waals surface area contributed by atoms with Crippen LogP contribution >= 0.6 is 15.9 Å². The van der Waals surface area contributed by atoms with Gasteiger partial charge in [0.05, 0.1) is 10.0 Å². The minimum atomic E-state index is -0.401. The number of nitrogens with one attached hydrogen (secondary N) is 1. The van der Waals surface area contributed by atoms with Gasteiger partial charge >= 0.3 is 0 Å². The summed E-state index contributed by atoms with van der Waals surface area (Å²) in [5.41, 5.74) is 0.372. The van der Waals surface area contributed by atoms with Crippen LogP contribution < -0.4 is 5.32 Å². The number of amides is 1. The van der Waals surface area contributed by atoms with Crippen molar-refractivity contribution in [3.63, 3.8) is 0 Å². The quantitative estimate of drug-likeness (QED) is 0.905. The number of halogens is 2. The van der Waals surface area contributed by atoms with E-state index in [1.165, 1.54) is 6.07 Å².